The van der Waals surface area contributed by atoms with E-state index in [-0.39, 0.29) is 10.8 Å². The van der Waals surface area contributed by atoms with Crippen molar-refractivity contribution in [3.63, 3.8) is 0 Å². The van der Waals surface area contributed by atoms with Crippen molar-refractivity contribution in [3.05, 3.63) is 198 Å². The monoisotopic (exact) mass is 615 g/mol. The average molecular weight is 616 g/mol. The van der Waals surface area contributed by atoms with E-state index < -0.39 is 0 Å². The van der Waals surface area contributed by atoms with Crippen LogP contribution in [0.3, 0.4) is 0 Å². The normalized spacial score (nSPS) is 16.5. The molecule has 7 aromatic rings. The van der Waals surface area contributed by atoms with Crippen molar-refractivity contribution in [1.82, 2.24) is 0 Å². The molecule has 1 nitrogen and oxygen atoms in total. The summed E-state index contributed by atoms with van der Waals surface area (Å²) in [6.45, 7) is 7.12. The van der Waals surface area contributed by atoms with E-state index in [1.54, 1.807) is 0 Å². The lowest BCUT2D eigenvalue weighted by molar-refractivity contribution is 0.660. The number of anilines is 3. The van der Waals surface area contributed by atoms with E-state index in [1.165, 1.54) is 61.2 Å². The van der Waals surface area contributed by atoms with Crippen molar-refractivity contribution >= 4 is 17.1 Å². The van der Waals surface area contributed by atoms with Gasteiger partial charge in [-0.3, -0.25) is 0 Å². The molecule has 2 aliphatic carbocycles. The fourth-order valence-corrected chi connectivity index (χ4v) is 8.44. The predicted molar refractivity (Wildman–Crippen MR) is 202 cm³/mol. The quantitative estimate of drug-likeness (QED) is 0.186. The fourth-order valence-electron chi connectivity index (χ4n) is 8.44. The smallest absolute Gasteiger partial charge is 0.0467 e. The van der Waals surface area contributed by atoms with Crippen LogP contribution >= 0.6 is 0 Å². The van der Waals surface area contributed by atoms with Gasteiger partial charge >= 0.3 is 0 Å². The molecule has 0 heterocycles. The molecule has 0 aromatic heterocycles. The Labute approximate surface area is 283 Å². The molecule has 1 heteroatoms. The van der Waals surface area contributed by atoms with E-state index in [9.17, 15) is 0 Å². The van der Waals surface area contributed by atoms with Crippen LogP contribution in [0.15, 0.2) is 170 Å². The lowest BCUT2D eigenvalue weighted by atomic mass is 9.74. The summed E-state index contributed by atoms with van der Waals surface area (Å²) in [5, 5.41) is 0. The van der Waals surface area contributed by atoms with E-state index in [0.29, 0.717) is 0 Å². The van der Waals surface area contributed by atoms with Crippen LogP contribution in [0, 0.1) is 0 Å². The zero-order valence-electron chi connectivity index (χ0n) is 27.6. The summed E-state index contributed by atoms with van der Waals surface area (Å²) in [4.78, 5) is 2.46. The molecule has 0 aliphatic heterocycles. The first kappa shape index (κ1) is 28.6. The summed E-state index contributed by atoms with van der Waals surface area (Å²) in [5.41, 5.74) is 17.6. The molecule has 1 atom stereocenters. The van der Waals surface area contributed by atoms with Gasteiger partial charge in [0.2, 0.25) is 0 Å². The van der Waals surface area contributed by atoms with Crippen molar-refractivity contribution in [2.45, 2.75) is 31.6 Å². The van der Waals surface area contributed by atoms with Crippen LogP contribution in [-0.2, 0) is 10.8 Å². The van der Waals surface area contributed by atoms with Gasteiger partial charge < -0.3 is 4.90 Å². The van der Waals surface area contributed by atoms with Gasteiger partial charge in [0.05, 0.1) is 0 Å². The second-order valence-electron chi connectivity index (χ2n) is 13.9. The maximum Gasteiger partial charge on any atom is 0.0467 e. The third kappa shape index (κ3) is 4.17. The van der Waals surface area contributed by atoms with Gasteiger partial charge in [0.15, 0.2) is 0 Å². The topological polar surface area (TPSA) is 3.24 Å². The Kier molecular flexibility index (Phi) is 6.36. The number of hydrogen-bond donors (Lipinski definition) is 0. The van der Waals surface area contributed by atoms with Gasteiger partial charge in [-0.05, 0) is 105 Å². The molecule has 0 saturated carbocycles. The number of hydrogen-bond acceptors (Lipinski definition) is 1. The lowest BCUT2D eigenvalue weighted by Crippen LogP contribution is -2.23. The molecule has 1 unspecified atom stereocenters. The zero-order chi connectivity index (χ0) is 32.5. The van der Waals surface area contributed by atoms with Gasteiger partial charge in [0, 0.05) is 27.9 Å². The van der Waals surface area contributed by atoms with Crippen molar-refractivity contribution in [2.75, 3.05) is 4.90 Å². The van der Waals surface area contributed by atoms with E-state index in [4.69, 9.17) is 0 Å². The highest BCUT2D eigenvalue weighted by Gasteiger charge is 2.41. The minimum Gasteiger partial charge on any atom is -0.310 e. The molecule has 230 valence electrons. The Morgan fingerprint density at radius 1 is 0.354 bits per heavy atom. The van der Waals surface area contributed by atoms with Crippen LogP contribution in [0.2, 0.25) is 0 Å². The van der Waals surface area contributed by atoms with Crippen LogP contribution in [0.1, 0.15) is 48.6 Å². The molecule has 0 N–H and O–H groups in total. The van der Waals surface area contributed by atoms with E-state index in [0.717, 1.165) is 17.1 Å². The third-order valence-corrected chi connectivity index (χ3v) is 10.9. The Bertz CT molecular complexity index is 2330. The SMILES string of the molecule is CC1(C)c2ccccc2-c2ccc(N(c3cccc(-c4ccccc4)c3)c3ccc4c(c3)C(C)(c3ccccc3)c3ccccc3-4)cc21. The molecule has 48 heavy (non-hydrogen) atoms. The van der Waals surface area contributed by atoms with Crippen LogP contribution in [0.4, 0.5) is 17.1 Å². The molecule has 2 aliphatic rings. The van der Waals surface area contributed by atoms with Gasteiger partial charge in [-0.1, -0.05) is 147 Å². The molecule has 0 radical (unpaired) electrons. The standard InChI is InChI=1S/C47H37N/c1-46(2)42-23-12-10-21-38(42)40-27-25-36(30-44(40)46)48(35-20-14-17-33(29-35)32-15-6-4-7-16-32)37-26-28-41-39-22-11-13-24-43(39)47(3,45(41)31-37)34-18-8-5-9-19-34/h4-31H,1-3H3. The molecular weight excluding hydrogens is 579 g/mol. The number of rotatable bonds is 5. The lowest BCUT2D eigenvalue weighted by Gasteiger charge is -2.31. The third-order valence-electron chi connectivity index (χ3n) is 10.9. The van der Waals surface area contributed by atoms with E-state index >= 15 is 0 Å². The van der Waals surface area contributed by atoms with Gasteiger partial charge in [-0.15, -0.1) is 0 Å². The summed E-state index contributed by atoms with van der Waals surface area (Å²) in [5.74, 6) is 0. The fraction of sp³-hybridized carbons (Fsp3) is 0.106. The molecular formula is C47H37N. The summed E-state index contributed by atoms with van der Waals surface area (Å²) in [6.07, 6.45) is 0. The van der Waals surface area contributed by atoms with Crippen molar-refractivity contribution in [1.29, 1.82) is 0 Å². The average Bonchev–Trinajstić information content (AvgIpc) is 3.54. The van der Waals surface area contributed by atoms with Gasteiger partial charge in [0.25, 0.3) is 0 Å². The van der Waals surface area contributed by atoms with Crippen LogP contribution < -0.4 is 4.90 Å². The first-order valence-electron chi connectivity index (χ1n) is 16.9. The van der Waals surface area contributed by atoms with Crippen molar-refractivity contribution in [2.24, 2.45) is 0 Å². The minimum absolute atomic E-state index is 0.0923. The van der Waals surface area contributed by atoms with Gasteiger partial charge in [-0.2, -0.15) is 0 Å². The molecule has 7 aromatic carbocycles. The zero-order valence-corrected chi connectivity index (χ0v) is 27.6. The van der Waals surface area contributed by atoms with Crippen LogP contribution in [0.5, 0.6) is 0 Å². The first-order valence-corrected chi connectivity index (χ1v) is 16.9. The summed E-state index contributed by atoms with van der Waals surface area (Å²) < 4.78 is 0. The Morgan fingerprint density at radius 2 is 0.854 bits per heavy atom. The highest BCUT2D eigenvalue weighted by molar-refractivity contribution is 5.89. The Morgan fingerprint density at radius 3 is 1.56 bits per heavy atom. The maximum atomic E-state index is 2.46. The molecule has 0 amide bonds. The van der Waals surface area contributed by atoms with E-state index in [2.05, 4.69) is 196 Å². The second-order valence-corrected chi connectivity index (χ2v) is 13.9. The Hall–Kier alpha value is -5.66. The highest BCUT2D eigenvalue weighted by atomic mass is 15.1. The van der Waals surface area contributed by atoms with Crippen molar-refractivity contribution in [3.8, 4) is 33.4 Å². The molecule has 0 bridgehead atoms. The first-order chi connectivity index (χ1) is 23.4. The molecule has 0 spiro atoms. The largest absolute Gasteiger partial charge is 0.310 e. The van der Waals surface area contributed by atoms with Crippen LogP contribution in [-0.4, -0.2) is 0 Å². The highest BCUT2D eigenvalue weighted by Crippen LogP contribution is 2.55. The van der Waals surface area contributed by atoms with Crippen LogP contribution in [0.25, 0.3) is 33.4 Å². The molecule has 0 fully saturated rings. The number of nitrogens with zero attached hydrogens (tertiary/aromatic N) is 1. The summed E-state index contributed by atoms with van der Waals surface area (Å²) >= 11 is 0. The predicted octanol–water partition coefficient (Wildman–Crippen LogP) is 12.5. The van der Waals surface area contributed by atoms with Gasteiger partial charge in [-0.25, -0.2) is 0 Å². The second kappa shape index (κ2) is 10.7. The van der Waals surface area contributed by atoms with E-state index in [1.807, 2.05) is 0 Å². The summed E-state index contributed by atoms with van der Waals surface area (Å²) in [6, 6.07) is 62.7. The number of fused-ring (bicyclic) bond motifs is 6. The van der Waals surface area contributed by atoms with Gasteiger partial charge in [0.1, 0.15) is 0 Å². The number of benzene rings is 7. The summed E-state index contributed by atoms with van der Waals surface area (Å²) in [7, 11) is 0. The minimum atomic E-state index is -0.275. The molecule has 0 saturated heterocycles. The maximum absolute atomic E-state index is 2.46. The molecule has 9 rings (SSSR count). The van der Waals surface area contributed by atoms with Crippen molar-refractivity contribution < 1.29 is 0 Å². The Balaban J connectivity index is 1.27.